The van der Waals surface area contributed by atoms with Gasteiger partial charge in [0.15, 0.2) is 11.6 Å². The SMILES string of the molecule is O=C(C1=CCc2ncc(-c3ccc(Cl)cc3)cc21)c1c(F)ccc(NS(=O)(=O)CCCO)c1F. The molecule has 1 aromatic heterocycles. The summed E-state index contributed by atoms with van der Waals surface area (Å²) in [4.78, 5) is 17.6. The van der Waals surface area contributed by atoms with Crippen LogP contribution >= 0.6 is 11.6 Å². The van der Waals surface area contributed by atoms with Crippen LogP contribution in [0.4, 0.5) is 14.5 Å². The van der Waals surface area contributed by atoms with Crippen molar-refractivity contribution in [3.8, 4) is 11.1 Å². The Balaban J connectivity index is 1.69. The molecule has 176 valence electrons. The minimum absolute atomic E-state index is 0.0590. The molecule has 0 spiro atoms. The van der Waals surface area contributed by atoms with Crippen molar-refractivity contribution in [2.75, 3.05) is 17.1 Å². The number of hydrogen-bond donors (Lipinski definition) is 2. The molecule has 1 aliphatic carbocycles. The van der Waals surface area contributed by atoms with Gasteiger partial charge in [-0.2, -0.15) is 0 Å². The van der Waals surface area contributed by atoms with Crippen LogP contribution in [-0.4, -0.2) is 36.7 Å². The first-order valence-electron chi connectivity index (χ1n) is 10.3. The second-order valence-corrected chi connectivity index (χ2v) is 9.94. The number of nitrogens with one attached hydrogen (secondary N) is 1. The van der Waals surface area contributed by atoms with Gasteiger partial charge in [-0.3, -0.25) is 14.5 Å². The standard InChI is InChI=1S/C24H19ClF2N2O4S/c25-16-4-2-14(3-5-16)15-12-18-17(6-8-20(18)28-13-15)24(31)22-19(26)7-9-21(23(22)27)29-34(32,33)11-1-10-30/h2-7,9,12-13,29-30H,1,8,10-11H2. The third-order valence-electron chi connectivity index (χ3n) is 5.34. The molecule has 2 aromatic carbocycles. The summed E-state index contributed by atoms with van der Waals surface area (Å²) in [6.07, 6.45) is 3.44. The van der Waals surface area contributed by atoms with E-state index in [-0.39, 0.29) is 18.6 Å². The highest BCUT2D eigenvalue weighted by atomic mass is 35.5. The van der Waals surface area contributed by atoms with Gasteiger partial charge < -0.3 is 5.11 Å². The third kappa shape index (κ3) is 4.86. The molecule has 0 saturated carbocycles. The van der Waals surface area contributed by atoms with Crippen LogP contribution in [0.1, 0.15) is 28.0 Å². The third-order valence-corrected chi connectivity index (χ3v) is 6.95. The van der Waals surface area contributed by atoms with Crippen molar-refractivity contribution in [3.63, 3.8) is 0 Å². The normalized spacial score (nSPS) is 12.9. The van der Waals surface area contributed by atoms with E-state index >= 15 is 4.39 Å². The Morgan fingerprint density at radius 3 is 2.56 bits per heavy atom. The van der Waals surface area contributed by atoms with E-state index in [2.05, 4.69) is 4.98 Å². The average Bonchev–Trinajstić information content (AvgIpc) is 3.23. The lowest BCUT2D eigenvalue weighted by Gasteiger charge is -2.13. The first-order valence-corrected chi connectivity index (χ1v) is 12.3. The molecule has 10 heteroatoms. The van der Waals surface area contributed by atoms with E-state index < -0.39 is 44.4 Å². The molecule has 6 nitrogen and oxygen atoms in total. The van der Waals surface area contributed by atoms with Crippen molar-refractivity contribution in [2.24, 2.45) is 0 Å². The number of pyridine rings is 1. The highest BCUT2D eigenvalue weighted by Gasteiger charge is 2.29. The second kappa shape index (κ2) is 9.61. The van der Waals surface area contributed by atoms with Gasteiger partial charge in [0, 0.05) is 40.9 Å². The van der Waals surface area contributed by atoms with Crippen LogP contribution in [0, 0.1) is 11.6 Å². The average molecular weight is 505 g/mol. The van der Waals surface area contributed by atoms with Crippen LogP contribution in [0.2, 0.25) is 5.02 Å². The van der Waals surface area contributed by atoms with Gasteiger partial charge in [-0.1, -0.05) is 29.8 Å². The van der Waals surface area contributed by atoms with E-state index in [0.717, 1.165) is 17.7 Å². The first kappa shape index (κ1) is 24.0. The minimum Gasteiger partial charge on any atom is -0.396 e. The van der Waals surface area contributed by atoms with Gasteiger partial charge in [0.1, 0.15) is 5.82 Å². The number of sulfonamides is 1. The number of hydrogen-bond acceptors (Lipinski definition) is 5. The molecule has 0 atom stereocenters. The van der Waals surface area contributed by atoms with Crippen LogP contribution in [0.3, 0.4) is 0 Å². The van der Waals surface area contributed by atoms with Gasteiger partial charge in [-0.15, -0.1) is 0 Å². The van der Waals surface area contributed by atoms with Gasteiger partial charge in [0.2, 0.25) is 10.0 Å². The zero-order chi connectivity index (χ0) is 24.5. The molecule has 1 aliphatic rings. The number of nitrogens with zero attached hydrogens (tertiary/aromatic N) is 1. The molecule has 0 aliphatic heterocycles. The van der Waals surface area contributed by atoms with E-state index in [1.807, 2.05) is 4.72 Å². The monoisotopic (exact) mass is 504 g/mol. The van der Waals surface area contributed by atoms with Crippen molar-refractivity contribution in [1.29, 1.82) is 0 Å². The quantitative estimate of drug-likeness (QED) is 0.436. The number of fused-ring (bicyclic) bond motifs is 1. The van der Waals surface area contributed by atoms with E-state index in [1.165, 1.54) is 0 Å². The molecule has 0 amide bonds. The molecular formula is C24H19ClF2N2O4S. The molecule has 0 radical (unpaired) electrons. The molecule has 4 rings (SSSR count). The van der Waals surface area contributed by atoms with Gasteiger partial charge in [0.05, 0.1) is 22.7 Å². The maximum Gasteiger partial charge on any atom is 0.232 e. The number of aromatic nitrogens is 1. The van der Waals surface area contributed by atoms with Crippen molar-refractivity contribution in [3.05, 3.63) is 88.2 Å². The predicted octanol–water partition coefficient (Wildman–Crippen LogP) is 4.63. The Hall–Kier alpha value is -3.14. The number of rotatable bonds is 8. The zero-order valence-corrected chi connectivity index (χ0v) is 19.3. The number of aliphatic hydroxyl groups is 1. The van der Waals surface area contributed by atoms with Crippen LogP contribution in [0.15, 0.2) is 54.7 Å². The van der Waals surface area contributed by atoms with E-state index in [0.29, 0.717) is 28.3 Å². The number of benzene rings is 2. The van der Waals surface area contributed by atoms with E-state index in [1.54, 1.807) is 42.6 Å². The second-order valence-electron chi connectivity index (χ2n) is 7.66. The van der Waals surface area contributed by atoms with Crippen LogP contribution in [-0.2, 0) is 16.4 Å². The summed E-state index contributed by atoms with van der Waals surface area (Å²) in [5.74, 6) is -3.80. The number of allylic oxidation sites excluding steroid dienone is 2. The first-order chi connectivity index (χ1) is 16.2. The summed E-state index contributed by atoms with van der Waals surface area (Å²) in [5.41, 5.74) is 1.20. The van der Waals surface area contributed by atoms with Crippen molar-refractivity contribution < 1.29 is 27.1 Å². The molecule has 3 aromatic rings. The van der Waals surface area contributed by atoms with Crippen LogP contribution in [0.25, 0.3) is 16.7 Å². The number of anilines is 1. The molecule has 0 unspecified atom stereocenters. The van der Waals surface area contributed by atoms with Gasteiger partial charge in [0.25, 0.3) is 0 Å². The minimum atomic E-state index is -4.00. The van der Waals surface area contributed by atoms with E-state index in [4.69, 9.17) is 16.7 Å². The number of Topliss-reactive ketones (excluding diaryl/α,β-unsaturated/α-hetero) is 1. The van der Waals surface area contributed by atoms with Crippen LogP contribution in [0.5, 0.6) is 0 Å². The van der Waals surface area contributed by atoms with Crippen molar-refractivity contribution >= 4 is 38.7 Å². The summed E-state index contributed by atoms with van der Waals surface area (Å²) in [5, 5.41) is 9.39. The van der Waals surface area contributed by atoms with Crippen molar-refractivity contribution in [1.82, 2.24) is 4.98 Å². The number of aliphatic hydroxyl groups excluding tert-OH is 1. The van der Waals surface area contributed by atoms with Crippen molar-refractivity contribution in [2.45, 2.75) is 12.8 Å². The lowest BCUT2D eigenvalue weighted by molar-refractivity contribution is 0.104. The van der Waals surface area contributed by atoms with Gasteiger partial charge >= 0.3 is 0 Å². The summed E-state index contributed by atoms with van der Waals surface area (Å²) in [7, 11) is -4.00. The Bertz CT molecular complexity index is 1410. The summed E-state index contributed by atoms with van der Waals surface area (Å²) in [6, 6.07) is 10.5. The summed E-state index contributed by atoms with van der Waals surface area (Å²) in [6.45, 7) is -0.365. The summed E-state index contributed by atoms with van der Waals surface area (Å²) >= 11 is 5.94. The van der Waals surface area contributed by atoms with E-state index in [9.17, 15) is 17.6 Å². The van der Waals surface area contributed by atoms with Crippen LogP contribution < -0.4 is 4.72 Å². The summed E-state index contributed by atoms with van der Waals surface area (Å²) < 4.78 is 56.0. The smallest absolute Gasteiger partial charge is 0.232 e. The topological polar surface area (TPSA) is 96.4 Å². The predicted molar refractivity (Wildman–Crippen MR) is 126 cm³/mol. The number of carbonyl (C=O) groups is 1. The lowest BCUT2D eigenvalue weighted by atomic mass is 9.96. The maximum absolute atomic E-state index is 15.2. The molecule has 0 bridgehead atoms. The molecule has 0 fully saturated rings. The highest BCUT2D eigenvalue weighted by molar-refractivity contribution is 7.92. The number of halogens is 3. The maximum atomic E-state index is 15.2. The number of carbonyl (C=O) groups excluding carboxylic acids is 1. The Labute approximate surface area is 200 Å². The fourth-order valence-corrected chi connectivity index (χ4v) is 4.89. The highest BCUT2D eigenvalue weighted by Crippen LogP contribution is 2.34. The molecule has 1 heterocycles. The largest absolute Gasteiger partial charge is 0.396 e. The molecule has 2 N–H and O–H groups in total. The molecule has 0 saturated heterocycles. The zero-order valence-electron chi connectivity index (χ0n) is 17.7. The molecular weight excluding hydrogens is 486 g/mol. The Morgan fingerprint density at radius 2 is 1.85 bits per heavy atom. The lowest BCUT2D eigenvalue weighted by Crippen LogP contribution is -2.19. The fourth-order valence-electron chi connectivity index (χ4n) is 3.66. The molecule has 34 heavy (non-hydrogen) atoms. The fraction of sp³-hybridized carbons (Fsp3) is 0.167. The Morgan fingerprint density at radius 1 is 1.12 bits per heavy atom. The number of ketones is 1. The van der Waals surface area contributed by atoms with Gasteiger partial charge in [-0.05, 0) is 42.3 Å². The van der Waals surface area contributed by atoms with Gasteiger partial charge in [-0.25, -0.2) is 17.2 Å². The Kier molecular flexibility index (Phi) is 6.79.